The van der Waals surface area contributed by atoms with Crippen molar-refractivity contribution in [3.63, 3.8) is 0 Å². The molecule has 218 valence electrons. The third-order valence-corrected chi connectivity index (χ3v) is 10.4. The number of ether oxygens (including phenoxy) is 4. The standard InChI is InChI=1S/C25H34O14/c1-7-3-9(27)18(32)23(2)8(7)4-11-24-6-36-25(35,22(23)24)19(33)14(29)12(24)17(20(34)38-11)39-21-16(31)15(30)13(28)10(5-26)37-21/h3,8,10-19,21-22,26,28-33,35H,4-6H2,1-2H3/t8-,10+,11+,12+,13+,14+,15-,16+,17+,18+,19+,21-,22+,23+,24-,25+/m0/s1. The van der Waals surface area contributed by atoms with E-state index in [1.807, 2.05) is 0 Å². The van der Waals surface area contributed by atoms with Crippen LogP contribution in [0, 0.1) is 28.6 Å². The maximum Gasteiger partial charge on any atom is 0.336 e. The summed E-state index contributed by atoms with van der Waals surface area (Å²) < 4.78 is 22.8. The number of allylic oxidation sites excluding steroid dienone is 1. The molecular formula is C25H34O14. The third kappa shape index (κ3) is 3.24. The Morgan fingerprint density at radius 1 is 1.05 bits per heavy atom. The van der Waals surface area contributed by atoms with E-state index < -0.39 is 114 Å². The monoisotopic (exact) mass is 558 g/mol. The van der Waals surface area contributed by atoms with Crippen LogP contribution < -0.4 is 0 Å². The van der Waals surface area contributed by atoms with E-state index in [0.29, 0.717) is 5.57 Å². The van der Waals surface area contributed by atoms with Crippen LogP contribution in [0.4, 0.5) is 0 Å². The normalized spacial score (nSPS) is 58.3. The van der Waals surface area contributed by atoms with Gasteiger partial charge in [-0.1, -0.05) is 12.5 Å². The third-order valence-electron chi connectivity index (χ3n) is 10.4. The zero-order valence-electron chi connectivity index (χ0n) is 21.2. The summed E-state index contributed by atoms with van der Waals surface area (Å²) >= 11 is 0. The topological polar surface area (TPSA) is 233 Å². The van der Waals surface area contributed by atoms with E-state index in [9.17, 15) is 50.4 Å². The van der Waals surface area contributed by atoms with Crippen LogP contribution in [0.1, 0.15) is 20.3 Å². The van der Waals surface area contributed by atoms with E-state index in [1.54, 1.807) is 13.8 Å². The highest BCUT2D eigenvalue weighted by atomic mass is 16.7. The second kappa shape index (κ2) is 8.72. The van der Waals surface area contributed by atoms with Crippen molar-refractivity contribution in [3.8, 4) is 0 Å². The summed E-state index contributed by atoms with van der Waals surface area (Å²) in [4.78, 5) is 26.2. The molecule has 2 bridgehead atoms. The Kier molecular flexibility index (Phi) is 6.17. The van der Waals surface area contributed by atoms with Gasteiger partial charge < -0.3 is 59.8 Å². The smallest absolute Gasteiger partial charge is 0.336 e. The van der Waals surface area contributed by atoms with Gasteiger partial charge in [-0.15, -0.1) is 0 Å². The molecule has 0 unspecified atom stereocenters. The van der Waals surface area contributed by atoms with Gasteiger partial charge in [-0.05, 0) is 25.3 Å². The molecule has 1 spiro atoms. The minimum absolute atomic E-state index is 0.122. The molecule has 0 radical (unpaired) electrons. The van der Waals surface area contributed by atoms with Crippen molar-refractivity contribution >= 4 is 11.8 Å². The highest BCUT2D eigenvalue weighted by molar-refractivity contribution is 5.96. The van der Waals surface area contributed by atoms with E-state index in [4.69, 9.17) is 18.9 Å². The Bertz CT molecular complexity index is 1090. The van der Waals surface area contributed by atoms with E-state index in [-0.39, 0.29) is 13.0 Å². The molecule has 0 aromatic carbocycles. The number of ketones is 1. The number of carbonyl (C=O) groups excluding carboxylic acids is 2. The lowest BCUT2D eigenvalue weighted by atomic mass is 9.38. The highest BCUT2D eigenvalue weighted by Gasteiger charge is 2.84. The largest absolute Gasteiger partial charge is 0.460 e. The second-order valence-electron chi connectivity index (χ2n) is 12.1. The average Bonchev–Trinajstić information content (AvgIpc) is 3.18. The molecule has 6 aliphatic rings. The number of carbonyl (C=O) groups is 2. The molecule has 16 atom stereocenters. The second-order valence-corrected chi connectivity index (χ2v) is 12.1. The summed E-state index contributed by atoms with van der Waals surface area (Å²) in [6.45, 7) is 2.22. The molecule has 0 amide bonds. The van der Waals surface area contributed by atoms with Gasteiger partial charge in [-0.2, -0.15) is 0 Å². The average molecular weight is 559 g/mol. The number of hydrogen-bond donors (Lipinski definition) is 8. The van der Waals surface area contributed by atoms with Crippen LogP contribution in [0.5, 0.6) is 0 Å². The van der Waals surface area contributed by atoms with E-state index in [1.165, 1.54) is 6.08 Å². The van der Waals surface area contributed by atoms with Crippen molar-refractivity contribution in [2.24, 2.45) is 28.6 Å². The first-order valence-corrected chi connectivity index (χ1v) is 13.0. The van der Waals surface area contributed by atoms with Gasteiger partial charge in [0.2, 0.25) is 0 Å². The number of rotatable bonds is 3. The molecular weight excluding hydrogens is 524 g/mol. The molecule has 0 aromatic heterocycles. The van der Waals surface area contributed by atoms with Crippen LogP contribution >= 0.6 is 0 Å². The predicted octanol–water partition coefficient (Wildman–Crippen LogP) is -4.31. The fourth-order valence-corrected chi connectivity index (χ4v) is 8.68. The van der Waals surface area contributed by atoms with Gasteiger partial charge in [0.1, 0.15) is 42.7 Å². The lowest BCUT2D eigenvalue weighted by Gasteiger charge is -2.67. The fraction of sp³-hybridized carbons (Fsp3) is 0.840. The van der Waals surface area contributed by atoms with Gasteiger partial charge in [-0.3, -0.25) is 4.79 Å². The molecule has 3 aliphatic heterocycles. The van der Waals surface area contributed by atoms with Crippen molar-refractivity contribution in [2.45, 2.75) is 87.3 Å². The van der Waals surface area contributed by atoms with Crippen molar-refractivity contribution < 1.29 is 69.4 Å². The summed E-state index contributed by atoms with van der Waals surface area (Å²) in [6, 6.07) is 0. The van der Waals surface area contributed by atoms with Crippen LogP contribution in [-0.2, 0) is 28.5 Å². The number of aliphatic hydroxyl groups excluding tert-OH is 7. The van der Waals surface area contributed by atoms with Gasteiger partial charge in [0.25, 0.3) is 0 Å². The number of aliphatic hydroxyl groups is 8. The molecule has 8 N–H and O–H groups in total. The zero-order chi connectivity index (χ0) is 28.4. The molecule has 5 fully saturated rings. The first-order valence-electron chi connectivity index (χ1n) is 13.0. The lowest BCUT2D eigenvalue weighted by molar-refractivity contribution is -0.365. The van der Waals surface area contributed by atoms with E-state index in [0.717, 1.165) is 0 Å². The fourth-order valence-electron chi connectivity index (χ4n) is 8.68. The van der Waals surface area contributed by atoms with Crippen LogP contribution in [-0.4, -0.2) is 133 Å². The Hall–Kier alpha value is -1.56. The first kappa shape index (κ1) is 27.6. The lowest BCUT2D eigenvalue weighted by Crippen LogP contribution is -2.79. The maximum absolute atomic E-state index is 13.4. The number of fused-ring (bicyclic) bond motifs is 1. The van der Waals surface area contributed by atoms with Gasteiger partial charge in [0, 0.05) is 22.7 Å². The molecule has 2 saturated carbocycles. The molecule has 3 aliphatic carbocycles. The molecule has 14 heteroatoms. The van der Waals surface area contributed by atoms with Gasteiger partial charge >= 0.3 is 5.97 Å². The summed E-state index contributed by atoms with van der Waals surface area (Å²) in [7, 11) is 0. The SMILES string of the molecule is CC1=CC(=O)[C@@H](O)[C@]2(C)[C@H]3[C@]4(O)OC[C@]35[C@H]([C@@H](O)[C@H]4O)[C@@H](O[C@@H]3O[C@H](CO)[C@@H](O)[C@H](O)[C@H]3O)C(=O)O[C@@H]5C[C@@H]12. The summed E-state index contributed by atoms with van der Waals surface area (Å²) in [5.41, 5.74) is -2.27. The Balaban J connectivity index is 1.46. The molecule has 6 rings (SSSR count). The first-order chi connectivity index (χ1) is 18.2. The highest BCUT2D eigenvalue weighted by Crippen LogP contribution is 2.73. The maximum atomic E-state index is 13.4. The predicted molar refractivity (Wildman–Crippen MR) is 122 cm³/mol. The van der Waals surface area contributed by atoms with Crippen LogP contribution in [0.25, 0.3) is 0 Å². The quantitative estimate of drug-likeness (QED) is 0.153. The Labute approximate surface area is 222 Å². The molecule has 0 aromatic rings. The minimum atomic E-state index is -2.42. The van der Waals surface area contributed by atoms with Crippen LogP contribution in [0.3, 0.4) is 0 Å². The molecule has 14 nitrogen and oxygen atoms in total. The summed E-state index contributed by atoms with van der Waals surface area (Å²) in [6.07, 6.45) is -15.2. The van der Waals surface area contributed by atoms with Crippen molar-refractivity contribution in [1.82, 2.24) is 0 Å². The van der Waals surface area contributed by atoms with E-state index >= 15 is 0 Å². The van der Waals surface area contributed by atoms with Gasteiger partial charge in [-0.25, -0.2) is 4.79 Å². The Morgan fingerprint density at radius 3 is 2.41 bits per heavy atom. The zero-order valence-corrected chi connectivity index (χ0v) is 21.2. The van der Waals surface area contributed by atoms with Crippen LogP contribution in [0.15, 0.2) is 11.6 Å². The molecule has 3 heterocycles. The Morgan fingerprint density at radius 2 is 1.74 bits per heavy atom. The van der Waals surface area contributed by atoms with Crippen molar-refractivity contribution in [1.29, 1.82) is 0 Å². The van der Waals surface area contributed by atoms with Gasteiger partial charge in [0.05, 0.1) is 19.3 Å². The van der Waals surface area contributed by atoms with Crippen LogP contribution in [0.2, 0.25) is 0 Å². The van der Waals surface area contributed by atoms with Crippen molar-refractivity contribution in [3.05, 3.63) is 11.6 Å². The minimum Gasteiger partial charge on any atom is -0.460 e. The van der Waals surface area contributed by atoms with Crippen molar-refractivity contribution in [2.75, 3.05) is 13.2 Å². The summed E-state index contributed by atoms with van der Waals surface area (Å²) in [5.74, 6) is -7.11. The van der Waals surface area contributed by atoms with Gasteiger partial charge in [0.15, 0.2) is 24.0 Å². The summed E-state index contributed by atoms with van der Waals surface area (Å²) in [5, 5.41) is 85.9. The molecule has 3 saturated heterocycles. The molecule has 39 heavy (non-hydrogen) atoms. The van der Waals surface area contributed by atoms with E-state index in [2.05, 4.69) is 0 Å². The number of esters is 1. The number of hydrogen-bond acceptors (Lipinski definition) is 14.